The molecule has 1 fully saturated rings. The number of hydrogen-bond donors (Lipinski definition) is 3. The number of methoxy groups -OCH3 is 2. The third-order valence-corrected chi connectivity index (χ3v) is 4.84. The second-order valence-electron chi connectivity index (χ2n) is 7.56. The lowest BCUT2D eigenvalue weighted by Gasteiger charge is -2.15. The van der Waals surface area contributed by atoms with Gasteiger partial charge in [0.05, 0.1) is 13.2 Å². The number of allylic oxidation sites excluding steroid dienone is 1. The van der Waals surface area contributed by atoms with Gasteiger partial charge in [0.25, 0.3) is 5.91 Å². The van der Waals surface area contributed by atoms with E-state index < -0.39 is 12.1 Å². The number of hydrogen-bond acceptors (Lipinski definition) is 5. The molecule has 0 aromatic heterocycles. The average Bonchev–Trinajstić information content (AvgIpc) is 2.76. The molecule has 1 aliphatic carbocycles. The van der Waals surface area contributed by atoms with Crippen molar-refractivity contribution >= 4 is 11.9 Å². The molecule has 31 heavy (non-hydrogen) atoms. The predicted octanol–water partition coefficient (Wildman–Crippen LogP) is 3.94. The number of rotatable bonds is 7. The smallest absolute Gasteiger partial charge is 0.335 e. The molecule has 0 heterocycles. The number of aliphatic hydroxyl groups excluding tert-OH is 1. The summed E-state index contributed by atoms with van der Waals surface area (Å²) in [6, 6.07) is 7.31. The molecule has 0 aliphatic heterocycles. The van der Waals surface area contributed by atoms with E-state index in [0.717, 1.165) is 11.5 Å². The minimum Gasteiger partial charge on any atom is -0.479 e. The lowest BCUT2D eigenvalue weighted by atomic mass is 9.91. The number of amides is 1. The molecular weight excluding hydrogens is 398 g/mol. The number of aliphatic hydroxyl groups is 1. The molecule has 7 nitrogen and oxygen atoms in total. The van der Waals surface area contributed by atoms with Gasteiger partial charge in [-0.1, -0.05) is 62.8 Å². The van der Waals surface area contributed by atoms with Crippen molar-refractivity contribution in [3.05, 3.63) is 47.2 Å². The van der Waals surface area contributed by atoms with Gasteiger partial charge in [0.15, 0.2) is 6.10 Å². The standard InChI is InChI=1S/C12H15NO2.C7H14.C5H10O4/c1-3-11(8-14)13-12(15)10-6-4-5-9(2)7-10;1-7-5-3-2-4-6-7;1-8-3-4(9-2)5(6)7/h3-7,14H,8H2,1-2H3,(H,13,15);7H,2-6H2,1H3;4H,3H2,1-2H3,(H,6,7)/b11-3+;;. The Labute approximate surface area is 186 Å². The number of carboxylic acid groups (broad SMARTS) is 1. The predicted molar refractivity (Wildman–Crippen MR) is 122 cm³/mol. The Bertz CT molecular complexity index is 668. The van der Waals surface area contributed by atoms with Gasteiger partial charge in [-0.2, -0.15) is 0 Å². The third-order valence-electron chi connectivity index (χ3n) is 4.84. The molecule has 3 N–H and O–H groups in total. The highest BCUT2D eigenvalue weighted by atomic mass is 16.5. The Morgan fingerprint density at radius 3 is 2.23 bits per heavy atom. The minimum atomic E-state index is -1.00. The number of benzene rings is 1. The van der Waals surface area contributed by atoms with E-state index in [1.165, 1.54) is 46.3 Å². The van der Waals surface area contributed by atoms with E-state index in [1.807, 2.05) is 19.1 Å². The van der Waals surface area contributed by atoms with E-state index in [1.54, 1.807) is 25.1 Å². The fourth-order valence-electron chi connectivity index (χ4n) is 2.91. The number of carbonyl (C=O) groups excluding carboxylic acids is 1. The van der Waals surface area contributed by atoms with Crippen LogP contribution in [0, 0.1) is 12.8 Å². The molecule has 0 radical (unpaired) electrons. The number of carboxylic acids is 1. The summed E-state index contributed by atoms with van der Waals surface area (Å²) in [5, 5.41) is 19.8. The fraction of sp³-hybridized carbons (Fsp3) is 0.583. The van der Waals surface area contributed by atoms with Gasteiger partial charge in [0.2, 0.25) is 0 Å². The highest BCUT2D eigenvalue weighted by Gasteiger charge is 2.14. The van der Waals surface area contributed by atoms with Gasteiger partial charge < -0.3 is 25.0 Å². The Hall–Kier alpha value is -2.22. The van der Waals surface area contributed by atoms with Crippen LogP contribution in [0.2, 0.25) is 0 Å². The van der Waals surface area contributed by atoms with Crippen LogP contribution in [0.5, 0.6) is 0 Å². The molecule has 1 atom stereocenters. The number of carbonyl (C=O) groups is 2. The van der Waals surface area contributed by atoms with Gasteiger partial charge in [0, 0.05) is 25.5 Å². The summed E-state index contributed by atoms with van der Waals surface area (Å²) in [7, 11) is 2.76. The van der Waals surface area contributed by atoms with E-state index in [9.17, 15) is 9.59 Å². The van der Waals surface area contributed by atoms with Crippen LogP contribution in [0.3, 0.4) is 0 Å². The maximum Gasteiger partial charge on any atom is 0.335 e. The molecule has 2 rings (SSSR count). The van der Waals surface area contributed by atoms with Crippen molar-refractivity contribution in [1.82, 2.24) is 5.32 Å². The zero-order chi connectivity index (χ0) is 23.6. The summed E-state index contributed by atoms with van der Waals surface area (Å²) in [6.45, 7) is 5.99. The van der Waals surface area contributed by atoms with E-state index in [2.05, 4.69) is 21.7 Å². The Morgan fingerprint density at radius 1 is 1.23 bits per heavy atom. The van der Waals surface area contributed by atoms with Crippen molar-refractivity contribution < 1.29 is 29.3 Å². The molecular formula is C24H39NO6. The summed E-state index contributed by atoms with van der Waals surface area (Å²) in [4.78, 5) is 21.8. The Balaban J connectivity index is 0.000000478. The van der Waals surface area contributed by atoms with E-state index in [0.29, 0.717) is 11.3 Å². The van der Waals surface area contributed by atoms with Gasteiger partial charge in [-0.25, -0.2) is 4.79 Å². The number of aliphatic carboxylic acids is 1. The van der Waals surface area contributed by atoms with Crippen molar-refractivity contribution in [1.29, 1.82) is 0 Å². The summed E-state index contributed by atoms with van der Waals surface area (Å²) in [5.41, 5.74) is 2.15. The zero-order valence-electron chi connectivity index (χ0n) is 19.5. The SMILES string of the molecule is C/C=C(\CO)NC(=O)c1cccc(C)c1.CC1CCCCC1.COCC(OC)C(=O)O. The summed E-state index contributed by atoms with van der Waals surface area (Å²) in [6.07, 6.45) is 8.27. The van der Waals surface area contributed by atoms with E-state index in [-0.39, 0.29) is 19.1 Å². The maximum atomic E-state index is 11.7. The van der Waals surface area contributed by atoms with E-state index >= 15 is 0 Å². The summed E-state index contributed by atoms with van der Waals surface area (Å²) >= 11 is 0. The largest absolute Gasteiger partial charge is 0.479 e. The van der Waals surface area contributed by atoms with Crippen molar-refractivity contribution in [2.75, 3.05) is 27.4 Å². The fourth-order valence-corrected chi connectivity index (χ4v) is 2.91. The zero-order valence-corrected chi connectivity index (χ0v) is 19.5. The summed E-state index contributed by atoms with van der Waals surface area (Å²) in [5.74, 6) is -0.158. The normalized spacial score (nSPS) is 15.0. The lowest BCUT2D eigenvalue weighted by molar-refractivity contribution is -0.151. The molecule has 1 amide bonds. The molecule has 0 saturated heterocycles. The lowest BCUT2D eigenvalue weighted by Crippen LogP contribution is -2.27. The molecule has 0 bridgehead atoms. The molecule has 1 unspecified atom stereocenters. The highest BCUT2D eigenvalue weighted by molar-refractivity contribution is 5.95. The third kappa shape index (κ3) is 13.6. The molecule has 1 aliphatic rings. The van der Waals surface area contributed by atoms with Crippen molar-refractivity contribution in [2.45, 2.75) is 59.0 Å². The van der Waals surface area contributed by atoms with Crippen molar-refractivity contribution in [3.63, 3.8) is 0 Å². The average molecular weight is 438 g/mol. The number of nitrogens with one attached hydrogen (secondary N) is 1. The van der Waals surface area contributed by atoms with Gasteiger partial charge in [-0.05, 0) is 31.9 Å². The molecule has 7 heteroatoms. The van der Waals surface area contributed by atoms with Crippen LogP contribution in [0.4, 0.5) is 0 Å². The van der Waals surface area contributed by atoms with Crippen LogP contribution in [0.1, 0.15) is 61.9 Å². The Kier molecular flexibility index (Phi) is 16.2. The first-order valence-corrected chi connectivity index (χ1v) is 10.7. The molecule has 0 spiro atoms. The highest BCUT2D eigenvalue weighted by Crippen LogP contribution is 2.22. The Morgan fingerprint density at radius 2 is 1.87 bits per heavy atom. The maximum absolute atomic E-state index is 11.7. The van der Waals surface area contributed by atoms with Gasteiger partial charge in [-0.15, -0.1) is 0 Å². The van der Waals surface area contributed by atoms with Gasteiger partial charge >= 0.3 is 5.97 Å². The minimum absolute atomic E-state index is 0.0891. The first-order chi connectivity index (χ1) is 14.8. The van der Waals surface area contributed by atoms with Crippen molar-refractivity contribution in [3.8, 4) is 0 Å². The molecule has 1 aromatic rings. The van der Waals surface area contributed by atoms with Crippen LogP contribution < -0.4 is 5.32 Å². The van der Waals surface area contributed by atoms with Gasteiger partial charge in [0.1, 0.15) is 0 Å². The summed E-state index contributed by atoms with van der Waals surface area (Å²) < 4.78 is 9.08. The monoisotopic (exact) mass is 437 g/mol. The second kappa shape index (κ2) is 17.5. The van der Waals surface area contributed by atoms with Crippen LogP contribution >= 0.6 is 0 Å². The first-order valence-electron chi connectivity index (χ1n) is 10.7. The van der Waals surface area contributed by atoms with E-state index in [4.69, 9.17) is 10.2 Å². The first kappa shape index (κ1) is 28.8. The van der Waals surface area contributed by atoms with Crippen LogP contribution in [-0.2, 0) is 14.3 Å². The number of aryl methyl sites for hydroxylation is 1. The number of ether oxygens (including phenoxy) is 2. The molecule has 1 saturated carbocycles. The molecule has 1 aromatic carbocycles. The van der Waals surface area contributed by atoms with Crippen LogP contribution in [0.15, 0.2) is 36.0 Å². The topological polar surface area (TPSA) is 105 Å². The quantitative estimate of drug-likeness (QED) is 0.597. The van der Waals surface area contributed by atoms with Crippen molar-refractivity contribution in [2.24, 2.45) is 5.92 Å². The van der Waals surface area contributed by atoms with Crippen LogP contribution in [0.25, 0.3) is 0 Å². The molecule has 176 valence electrons. The van der Waals surface area contributed by atoms with Crippen LogP contribution in [-0.4, -0.2) is 55.6 Å². The second-order valence-corrected chi connectivity index (χ2v) is 7.56. The van der Waals surface area contributed by atoms with Gasteiger partial charge in [-0.3, -0.25) is 4.79 Å².